The van der Waals surface area contributed by atoms with Gasteiger partial charge in [-0.15, -0.1) is 0 Å². The number of hydrogen-bond donors (Lipinski definition) is 3. The summed E-state index contributed by atoms with van der Waals surface area (Å²) in [7, 11) is -3.67. The summed E-state index contributed by atoms with van der Waals surface area (Å²) in [5, 5.41) is 10.2. The molecule has 3 N–H and O–H groups in total. The van der Waals surface area contributed by atoms with Gasteiger partial charge >= 0.3 is 12.1 Å². The predicted octanol–water partition coefficient (Wildman–Crippen LogP) is 4.19. The van der Waals surface area contributed by atoms with Crippen LogP contribution in [0.5, 0.6) is 0 Å². The number of carbonyl (C=O) groups excluding carboxylic acids is 1. The van der Waals surface area contributed by atoms with Gasteiger partial charge in [0, 0.05) is 25.3 Å². The minimum Gasteiger partial charge on any atom is -0.475 e. The van der Waals surface area contributed by atoms with Crippen LogP contribution in [-0.4, -0.2) is 75.9 Å². The van der Waals surface area contributed by atoms with Gasteiger partial charge in [0.25, 0.3) is 10.0 Å². The van der Waals surface area contributed by atoms with E-state index in [2.05, 4.69) is 28.8 Å². The topological polar surface area (TPSA) is 125 Å². The maximum Gasteiger partial charge on any atom is 0.490 e. The molecule has 232 valence electrons. The molecule has 2 fully saturated rings. The summed E-state index contributed by atoms with van der Waals surface area (Å²) in [6, 6.07) is 14.3. The number of hydrogen-bond acceptors (Lipinski definition) is 6. The van der Waals surface area contributed by atoms with Crippen LogP contribution in [0.1, 0.15) is 44.2 Å². The number of amides is 1. The number of alkyl halides is 3. The zero-order valence-corrected chi connectivity index (χ0v) is 24.6. The van der Waals surface area contributed by atoms with Gasteiger partial charge in [-0.25, -0.2) is 13.2 Å². The number of rotatable bonds is 11. The van der Waals surface area contributed by atoms with E-state index in [1.165, 1.54) is 0 Å². The monoisotopic (exact) mass is 613 g/mol. The zero-order chi connectivity index (χ0) is 31.0. The third-order valence-corrected chi connectivity index (χ3v) is 8.43. The maximum atomic E-state index is 12.9. The molecule has 2 aliphatic rings. The van der Waals surface area contributed by atoms with Crippen LogP contribution in [-0.2, 0) is 36.2 Å². The molecule has 1 saturated heterocycles. The number of morpholine rings is 1. The van der Waals surface area contributed by atoms with Crippen molar-refractivity contribution in [1.82, 2.24) is 10.2 Å². The molecule has 1 saturated carbocycles. The fraction of sp³-hybridized carbons (Fsp3) is 0.517. The number of nitrogens with one attached hydrogen (secondary N) is 2. The number of nitrogens with zero attached hydrogens (tertiary/aromatic N) is 1. The van der Waals surface area contributed by atoms with Gasteiger partial charge in [0.1, 0.15) is 0 Å². The first-order chi connectivity index (χ1) is 19.7. The van der Waals surface area contributed by atoms with Gasteiger partial charge in [0.2, 0.25) is 5.91 Å². The number of carbonyl (C=O) groups is 2. The van der Waals surface area contributed by atoms with E-state index in [1.807, 2.05) is 24.3 Å². The molecule has 42 heavy (non-hydrogen) atoms. The molecule has 0 aromatic heterocycles. The largest absolute Gasteiger partial charge is 0.490 e. The van der Waals surface area contributed by atoms with Gasteiger partial charge in [0.15, 0.2) is 0 Å². The van der Waals surface area contributed by atoms with E-state index in [0.29, 0.717) is 18.2 Å². The first-order valence-corrected chi connectivity index (χ1v) is 15.3. The van der Waals surface area contributed by atoms with Gasteiger partial charge in [-0.05, 0) is 73.5 Å². The van der Waals surface area contributed by atoms with E-state index in [9.17, 15) is 26.4 Å². The number of aliphatic carboxylic acids is 1. The molecule has 0 spiro atoms. The van der Waals surface area contributed by atoms with E-state index in [4.69, 9.17) is 14.6 Å². The van der Waals surface area contributed by atoms with Crippen LogP contribution in [0, 0.1) is 5.92 Å². The van der Waals surface area contributed by atoms with Gasteiger partial charge < -0.3 is 15.2 Å². The van der Waals surface area contributed by atoms with Gasteiger partial charge in [-0.1, -0.05) is 38.1 Å². The predicted molar refractivity (Wildman–Crippen MR) is 152 cm³/mol. The Labute approximate surface area is 244 Å². The number of halogens is 3. The molecule has 9 nitrogen and oxygen atoms in total. The number of anilines is 1. The first-order valence-electron chi connectivity index (χ1n) is 13.8. The Hall–Kier alpha value is -3.16. The molecule has 4 rings (SSSR count). The molecule has 0 bridgehead atoms. The lowest BCUT2D eigenvalue weighted by molar-refractivity contribution is -0.192. The highest BCUT2D eigenvalue weighted by molar-refractivity contribution is 7.92. The van der Waals surface area contributed by atoms with E-state index in [1.54, 1.807) is 24.3 Å². The fourth-order valence-electron chi connectivity index (χ4n) is 4.62. The standard InChI is InChI=1S/C27H37N3O4S.C2HF3O2/c1-21(2)20-22-4-10-25(11-5-22)35(32,33)29-24-8-6-23(7-9-24)27(12-13-27)26(31)28-14-3-15-30-16-18-34-19-17-30;3-2(4,5)1(6)7/h4-11,21,29H,3,12-20H2,1-2H3,(H,28,31);(H,6,7). The van der Waals surface area contributed by atoms with E-state index in [0.717, 1.165) is 69.7 Å². The summed E-state index contributed by atoms with van der Waals surface area (Å²) >= 11 is 0. The van der Waals surface area contributed by atoms with Crippen molar-refractivity contribution in [2.45, 2.75) is 56.0 Å². The summed E-state index contributed by atoms with van der Waals surface area (Å²) in [4.78, 5) is 24.4. The van der Waals surface area contributed by atoms with Crippen molar-refractivity contribution in [3.63, 3.8) is 0 Å². The van der Waals surface area contributed by atoms with Crippen LogP contribution in [0.3, 0.4) is 0 Å². The number of carboxylic acids is 1. The normalized spacial score (nSPS) is 16.7. The molecule has 1 aliphatic heterocycles. The third-order valence-electron chi connectivity index (χ3n) is 7.03. The number of sulfonamides is 1. The second-order valence-electron chi connectivity index (χ2n) is 10.9. The summed E-state index contributed by atoms with van der Waals surface area (Å²) in [5.74, 6) is -2.18. The number of ether oxygens (including phenoxy) is 1. The van der Waals surface area contributed by atoms with Crippen LogP contribution < -0.4 is 10.0 Å². The highest BCUT2D eigenvalue weighted by Gasteiger charge is 2.51. The van der Waals surface area contributed by atoms with Crippen molar-refractivity contribution < 1.29 is 41.0 Å². The minimum absolute atomic E-state index is 0.0642. The van der Waals surface area contributed by atoms with E-state index < -0.39 is 27.6 Å². The molecule has 2 aromatic carbocycles. The van der Waals surface area contributed by atoms with Gasteiger partial charge in [-0.3, -0.25) is 14.4 Å². The molecule has 1 amide bonds. The second kappa shape index (κ2) is 14.3. The highest BCUT2D eigenvalue weighted by atomic mass is 32.2. The lowest BCUT2D eigenvalue weighted by atomic mass is 9.95. The Morgan fingerprint density at radius 1 is 1.02 bits per heavy atom. The SMILES string of the molecule is CC(C)Cc1ccc(S(=O)(=O)Nc2ccc(C3(C(=O)NCCCN4CCOCC4)CC3)cc2)cc1.O=C(O)C(F)(F)F. The third kappa shape index (κ3) is 9.70. The first kappa shape index (κ1) is 33.3. The Balaban J connectivity index is 0.000000616. The summed E-state index contributed by atoms with van der Waals surface area (Å²) in [6.45, 7) is 9.38. The van der Waals surface area contributed by atoms with Crippen LogP contribution in [0.4, 0.5) is 18.9 Å². The second-order valence-corrected chi connectivity index (χ2v) is 12.6. The van der Waals surface area contributed by atoms with Gasteiger partial charge in [-0.2, -0.15) is 13.2 Å². The summed E-state index contributed by atoms with van der Waals surface area (Å²) < 4.78 is 65.4. The molecule has 1 heterocycles. The Morgan fingerprint density at radius 3 is 2.10 bits per heavy atom. The van der Waals surface area contributed by atoms with Gasteiger partial charge in [0.05, 0.1) is 23.5 Å². The maximum absolute atomic E-state index is 12.9. The van der Waals surface area contributed by atoms with E-state index >= 15 is 0 Å². The molecular formula is C29H38F3N3O6S. The Bertz CT molecular complexity index is 1290. The van der Waals surface area contributed by atoms with Crippen LogP contribution in [0.25, 0.3) is 0 Å². The fourth-order valence-corrected chi connectivity index (χ4v) is 5.68. The molecule has 2 aromatic rings. The molecule has 0 atom stereocenters. The van der Waals surface area contributed by atoms with Crippen molar-refractivity contribution >= 4 is 27.6 Å². The molecule has 0 unspecified atom stereocenters. The average molecular weight is 614 g/mol. The van der Waals surface area contributed by atoms with Crippen molar-refractivity contribution in [1.29, 1.82) is 0 Å². The van der Waals surface area contributed by atoms with Crippen molar-refractivity contribution in [3.8, 4) is 0 Å². The van der Waals surface area contributed by atoms with Crippen LogP contribution in [0.15, 0.2) is 53.4 Å². The zero-order valence-electron chi connectivity index (χ0n) is 23.7. The smallest absolute Gasteiger partial charge is 0.475 e. The highest BCUT2D eigenvalue weighted by Crippen LogP contribution is 2.48. The van der Waals surface area contributed by atoms with Crippen molar-refractivity contribution in [3.05, 3.63) is 59.7 Å². The molecule has 1 aliphatic carbocycles. The summed E-state index contributed by atoms with van der Waals surface area (Å²) in [6.07, 6.45) is -1.62. The quantitative estimate of drug-likeness (QED) is 0.325. The Morgan fingerprint density at radius 2 is 1.60 bits per heavy atom. The average Bonchev–Trinajstić information content (AvgIpc) is 3.74. The lowest BCUT2D eigenvalue weighted by Gasteiger charge is -2.26. The van der Waals surface area contributed by atoms with Crippen LogP contribution >= 0.6 is 0 Å². The summed E-state index contributed by atoms with van der Waals surface area (Å²) in [5.41, 5.74) is 2.06. The van der Waals surface area contributed by atoms with E-state index in [-0.39, 0.29) is 10.8 Å². The molecule has 0 radical (unpaired) electrons. The number of carboxylic acid groups (broad SMARTS) is 1. The minimum atomic E-state index is -5.08. The number of benzene rings is 2. The van der Waals surface area contributed by atoms with Crippen molar-refractivity contribution in [2.24, 2.45) is 5.92 Å². The van der Waals surface area contributed by atoms with Crippen LogP contribution in [0.2, 0.25) is 0 Å². The van der Waals surface area contributed by atoms with Crippen molar-refractivity contribution in [2.75, 3.05) is 44.1 Å². The lowest BCUT2D eigenvalue weighted by Crippen LogP contribution is -2.39. The Kier molecular flexibility index (Phi) is 11.4. The molecular weight excluding hydrogens is 575 g/mol. The molecule has 13 heteroatoms.